The molecule has 13 nitrogen and oxygen atoms in total. The first-order valence-corrected chi connectivity index (χ1v) is 23.1. The maximum absolute atomic E-state index is 14.7. The number of fused-ring (bicyclic) bond motifs is 6. The third-order valence-electron chi connectivity index (χ3n) is 13.6. The number of amides is 4. The number of cyclic esters (lactones) is 1. The van der Waals surface area contributed by atoms with Crippen LogP contribution in [0.15, 0.2) is 60.8 Å². The quantitative estimate of drug-likeness (QED) is 0.149. The monoisotopic (exact) mass is 884 g/mol. The number of pyridine rings is 1. The largest absolute Gasteiger partial charge is 0.465 e. The molecule has 13 heteroatoms. The van der Waals surface area contributed by atoms with Crippen molar-refractivity contribution in [3.8, 4) is 34.7 Å². The molecule has 2 aromatic heterocycles. The van der Waals surface area contributed by atoms with Gasteiger partial charge in [0.15, 0.2) is 0 Å². The van der Waals surface area contributed by atoms with Gasteiger partial charge in [-0.05, 0) is 97.9 Å². The highest BCUT2D eigenvalue weighted by molar-refractivity contribution is 5.97. The van der Waals surface area contributed by atoms with E-state index in [9.17, 15) is 24.0 Å². The Hall–Kier alpha value is -6.00. The molecule has 3 aliphatic heterocycles. The van der Waals surface area contributed by atoms with Crippen LogP contribution >= 0.6 is 0 Å². The van der Waals surface area contributed by atoms with Gasteiger partial charge in [0.25, 0.3) is 5.91 Å². The summed E-state index contributed by atoms with van der Waals surface area (Å²) in [6.07, 6.45) is 9.30. The van der Waals surface area contributed by atoms with Gasteiger partial charge in [0.2, 0.25) is 17.7 Å². The zero-order chi connectivity index (χ0) is 46.7. The number of ether oxygens (including phenoxy) is 2. The van der Waals surface area contributed by atoms with Crippen LogP contribution in [0.2, 0.25) is 0 Å². The number of methoxy groups -OCH3 is 1. The first kappa shape index (κ1) is 47.0. The number of nitrogens with one attached hydrogen (secondary N) is 1. The van der Waals surface area contributed by atoms with Crippen molar-refractivity contribution in [2.24, 2.45) is 23.2 Å². The van der Waals surface area contributed by atoms with Crippen LogP contribution in [0.5, 0.6) is 0 Å². The second-order valence-corrected chi connectivity index (χ2v) is 19.2. The van der Waals surface area contributed by atoms with E-state index in [1.807, 2.05) is 39.0 Å². The molecule has 2 fully saturated rings. The number of aryl methyl sites for hydroxylation is 1. The molecule has 0 radical (unpaired) electrons. The number of hydrogen-bond donors (Lipinski definition) is 1. The fourth-order valence-corrected chi connectivity index (χ4v) is 10.1. The Morgan fingerprint density at radius 3 is 2.52 bits per heavy atom. The van der Waals surface area contributed by atoms with E-state index in [4.69, 9.17) is 20.9 Å². The van der Waals surface area contributed by atoms with Crippen molar-refractivity contribution in [3.63, 3.8) is 0 Å². The van der Waals surface area contributed by atoms with E-state index < -0.39 is 41.1 Å². The molecule has 1 N–H and O–H groups in total. The molecule has 2 aromatic carbocycles. The van der Waals surface area contributed by atoms with Crippen LogP contribution in [0.3, 0.4) is 0 Å². The van der Waals surface area contributed by atoms with Gasteiger partial charge in [0, 0.05) is 81.4 Å². The summed E-state index contributed by atoms with van der Waals surface area (Å²) in [5, 5.41) is 4.17. The molecule has 5 heterocycles. The maximum Gasteiger partial charge on any atom is 0.310 e. The lowest BCUT2D eigenvalue weighted by Crippen LogP contribution is -2.58. The molecule has 65 heavy (non-hydrogen) atoms. The maximum atomic E-state index is 14.7. The summed E-state index contributed by atoms with van der Waals surface area (Å²) in [6, 6.07) is 16.8. The smallest absolute Gasteiger partial charge is 0.310 e. The minimum atomic E-state index is -0.997. The Labute approximate surface area is 383 Å². The number of terminal acetylenes is 1. The molecule has 4 amide bonds. The molecule has 0 spiro atoms. The lowest BCUT2D eigenvalue weighted by Gasteiger charge is -2.36. The summed E-state index contributed by atoms with van der Waals surface area (Å²) in [5.74, 6) is -1.04. The van der Waals surface area contributed by atoms with Gasteiger partial charge in [-0.25, -0.2) is 0 Å². The molecule has 6 bridgehead atoms. The van der Waals surface area contributed by atoms with E-state index in [0.29, 0.717) is 45.3 Å². The number of benzene rings is 2. The van der Waals surface area contributed by atoms with Crippen LogP contribution < -0.4 is 5.32 Å². The number of carbonyl (C=O) groups excluding carboxylic acids is 5. The molecular weight excluding hydrogens is 821 g/mol. The van der Waals surface area contributed by atoms with Gasteiger partial charge in [-0.3, -0.25) is 29.0 Å². The molecule has 0 saturated carbocycles. The van der Waals surface area contributed by atoms with E-state index in [2.05, 4.69) is 73.0 Å². The average molecular weight is 885 g/mol. The Balaban J connectivity index is 1.29. The van der Waals surface area contributed by atoms with Gasteiger partial charge >= 0.3 is 5.97 Å². The van der Waals surface area contributed by atoms with Crippen LogP contribution in [0.1, 0.15) is 83.7 Å². The molecule has 0 aliphatic carbocycles. The number of likely N-dealkylation sites (N-methyl/N-ethyl adjacent to an activating group) is 1. The average Bonchev–Trinajstić information content (AvgIpc) is 3.92. The second kappa shape index (κ2) is 19.6. The topological polar surface area (TPSA) is 143 Å². The Morgan fingerprint density at radius 2 is 1.80 bits per heavy atom. The summed E-state index contributed by atoms with van der Waals surface area (Å²) >= 11 is 0. The van der Waals surface area contributed by atoms with Crippen molar-refractivity contribution in [2.75, 3.05) is 46.9 Å². The summed E-state index contributed by atoms with van der Waals surface area (Å²) in [5.41, 5.74) is 7.41. The zero-order valence-corrected chi connectivity index (χ0v) is 39.2. The van der Waals surface area contributed by atoms with Crippen LogP contribution in [-0.4, -0.2) is 113 Å². The van der Waals surface area contributed by atoms with Crippen molar-refractivity contribution >= 4 is 40.5 Å². The first-order valence-electron chi connectivity index (χ1n) is 23.1. The van der Waals surface area contributed by atoms with Crippen LogP contribution in [-0.2, 0) is 52.8 Å². The van der Waals surface area contributed by atoms with Crippen molar-refractivity contribution in [2.45, 2.75) is 98.4 Å². The third kappa shape index (κ3) is 9.83. The molecule has 2 saturated heterocycles. The summed E-state index contributed by atoms with van der Waals surface area (Å²) in [6.45, 7) is 14.1. The fraction of sp³-hybridized carbons (Fsp3) is 0.500. The number of aromatic nitrogens is 2. The van der Waals surface area contributed by atoms with Crippen molar-refractivity contribution in [1.29, 1.82) is 0 Å². The highest BCUT2D eigenvalue weighted by Gasteiger charge is 2.40. The molecule has 5 unspecified atom stereocenters. The number of nitrogens with zero attached hydrogens (tertiary/aromatic N) is 5. The predicted molar refractivity (Wildman–Crippen MR) is 250 cm³/mol. The van der Waals surface area contributed by atoms with E-state index in [1.165, 1.54) is 9.80 Å². The van der Waals surface area contributed by atoms with Crippen molar-refractivity contribution in [1.82, 2.24) is 29.6 Å². The Kier molecular flexibility index (Phi) is 14.2. The van der Waals surface area contributed by atoms with Gasteiger partial charge in [-0.15, -0.1) is 6.42 Å². The van der Waals surface area contributed by atoms with E-state index >= 15 is 0 Å². The second-order valence-electron chi connectivity index (χ2n) is 19.2. The normalized spacial score (nSPS) is 21.0. The fourth-order valence-electron chi connectivity index (χ4n) is 10.1. The number of hydrogen-bond acceptors (Lipinski definition) is 8. The summed E-state index contributed by atoms with van der Waals surface area (Å²) < 4.78 is 14.3. The van der Waals surface area contributed by atoms with Gasteiger partial charge in [0.1, 0.15) is 12.1 Å². The molecule has 7 rings (SSSR count). The molecular formula is C52H64N6O7. The third-order valence-corrected chi connectivity index (χ3v) is 13.6. The minimum Gasteiger partial charge on any atom is -0.465 e. The molecule has 344 valence electrons. The number of likely N-dealkylation sites (tertiary alicyclic amines) is 1. The number of piperidine rings is 1. The van der Waals surface area contributed by atoms with E-state index in [1.54, 1.807) is 25.3 Å². The summed E-state index contributed by atoms with van der Waals surface area (Å²) in [7, 11) is 3.29. The first-order chi connectivity index (χ1) is 31.0. The lowest BCUT2D eigenvalue weighted by atomic mass is 9.84. The molecule has 5 atom stereocenters. The molecule has 3 aliphatic rings. The van der Waals surface area contributed by atoms with Crippen LogP contribution in [0, 0.1) is 35.5 Å². The number of carbonyl (C=O) groups is 5. The Bertz CT molecular complexity index is 2500. The SMILES string of the molecule is C#CC(=O)N1CCC(C(=O)N(C)C(C(=O)NC2Cc3cccc(c3)-c3ccc4c(c3)c(c(-c3cccnc3C(C)OC)n4CC)CC(C)(C)COC(=O)C3CCCN(C3)C2=O)C(C)C)C1. The number of esters is 1. The van der Waals surface area contributed by atoms with Crippen LogP contribution in [0.4, 0.5) is 0 Å². The highest BCUT2D eigenvalue weighted by atomic mass is 16.5. The van der Waals surface area contributed by atoms with Gasteiger partial charge in [-0.2, -0.15) is 0 Å². The standard InChI is InChI=1S/C52H64N6O7/c1-10-44(59)56-24-21-37(29-56)49(61)55(8)46(32(3)4)48(60)54-42-26-34-15-12-16-35(25-34)36-19-20-43-40(27-36)41(47(58(43)11-2)39-18-13-22-53-45(39)33(5)64-9)28-52(6,7)31-65-51(63)38-17-14-23-57(30-38)50(42)62/h1,12-13,15-16,18-20,22,25,27,32-33,37-38,42,46H,11,14,17,21,23-24,26,28-31H2,2-9H3,(H,54,60). The summed E-state index contributed by atoms with van der Waals surface area (Å²) in [4.78, 5) is 78.7. The van der Waals surface area contributed by atoms with Crippen molar-refractivity contribution < 1.29 is 33.4 Å². The molecule has 4 aromatic rings. The highest BCUT2D eigenvalue weighted by Crippen LogP contribution is 2.42. The van der Waals surface area contributed by atoms with E-state index in [-0.39, 0.29) is 55.9 Å². The lowest BCUT2D eigenvalue weighted by molar-refractivity contribution is -0.155. The van der Waals surface area contributed by atoms with Gasteiger partial charge in [0.05, 0.1) is 35.9 Å². The van der Waals surface area contributed by atoms with Gasteiger partial charge in [-0.1, -0.05) is 58.0 Å². The van der Waals surface area contributed by atoms with E-state index in [0.717, 1.165) is 50.1 Å². The minimum absolute atomic E-state index is 0.168. The zero-order valence-electron chi connectivity index (χ0n) is 39.2. The van der Waals surface area contributed by atoms with Crippen molar-refractivity contribution in [3.05, 3.63) is 77.6 Å². The predicted octanol–water partition coefficient (Wildman–Crippen LogP) is 6.45. The van der Waals surface area contributed by atoms with Gasteiger partial charge < -0.3 is 34.1 Å². The Morgan fingerprint density at radius 1 is 1.03 bits per heavy atom. The van der Waals surface area contributed by atoms with Crippen LogP contribution in [0.25, 0.3) is 33.3 Å². The number of rotatable bonds is 9.